The molecule has 1 saturated carbocycles. The van der Waals surface area contributed by atoms with E-state index in [0.717, 1.165) is 49.3 Å². The first-order chi connectivity index (χ1) is 13.1. The lowest BCUT2D eigenvalue weighted by molar-refractivity contribution is 0.189. The number of hydrogen-bond donors (Lipinski definition) is 1. The Labute approximate surface area is 157 Å². The van der Waals surface area contributed by atoms with Gasteiger partial charge in [-0.05, 0) is 43.7 Å². The summed E-state index contributed by atoms with van der Waals surface area (Å²) >= 11 is 0. The third-order valence-corrected chi connectivity index (χ3v) is 5.67. The molecule has 144 valence electrons. The Balaban J connectivity index is 1.42. The number of aromatic nitrogens is 2. The van der Waals surface area contributed by atoms with E-state index in [1.165, 1.54) is 19.3 Å². The van der Waals surface area contributed by atoms with Gasteiger partial charge < -0.3 is 14.8 Å². The molecule has 0 spiro atoms. The molecule has 2 aromatic rings. The molecule has 2 aliphatic rings. The number of carbonyl (C=O) groups is 1. The van der Waals surface area contributed by atoms with Gasteiger partial charge >= 0.3 is 6.03 Å². The Hall–Kier alpha value is -2.44. The van der Waals surface area contributed by atoms with Crippen molar-refractivity contribution in [2.24, 2.45) is 5.92 Å². The molecule has 27 heavy (non-hydrogen) atoms. The molecule has 1 aliphatic heterocycles. The normalized spacial score (nSPS) is 20.4. The van der Waals surface area contributed by atoms with E-state index in [2.05, 4.69) is 14.9 Å². The lowest BCUT2D eigenvalue weighted by atomic mass is 9.85. The Morgan fingerprint density at radius 2 is 2.07 bits per heavy atom. The number of urea groups is 1. The molecule has 1 atom stereocenters. The van der Waals surface area contributed by atoms with Gasteiger partial charge in [0.1, 0.15) is 17.5 Å². The highest BCUT2D eigenvalue weighted by atomic mass is 19.1. The number of anilines is 1. The third kappa shape index (κ3) is 3.96. The zero-order valence-electron chi connectivity index (χ0n) is 15.2. The van der Waals surface area contributed by atoms with Crippen LogP contribution in [0.4, 0.5) is 19.3 Å². The van der Waals surface area contributed by atoms with Crippen LogP contribution in [0.15, 0.2) is 30.6 Å². The first-order valence-corrected chi connectivity index (χ1v) is 9.62. The number of amides is 2. The van der Waals surface area contributed by atoms with E-state index >= 15 is 0 Å². The van der Waals surface area contributed by atoms with Crippen LogP contribution in [0.2, 0.25) is 0 Å². The topological polar surface area (TPSA) is 50.2 Å². The highest BCUT2D eigenvalue weighted by Crippen LogP contribution is 2.31. The molecule has 1 N–H and O–H groups in total. The van der Waals surface area contributed by atoms with Gasteiger partial charge in [0.05, 0.1) is 5.69 Å². The molecule has 2 heterocycles. The number of hydrogen-bond acceptors (Lipinski definition) is 2. The molecule has 0 unspecified atom stereocenters. The van der Waals surface area contributed by atoms with Crippen molar-refractivity contribution < 1.29 is 13.6 Å². The molecule has 1 aromatic heterocycles. The number of halogens is 2. The fourth-order valence-corrected chi connectivity index (χ4v) is 3.95. The van der Waals surface area contributed by atoms with Crippen LogP contribution in [0.25, 0.3) is 0 Å². The number of benzene rings is 1. The fraction of sp³-hybridized carbons (Fsp3) is 0.500. The first kappa shape index (κ1) is 17.9. The monoisotopic (exact) mass is 374 g/mol. The SMILES string of the molecule is O=C(Nc1cc(F)ccc1F)N1CCC[C@@H](c2nccn2CC2CCC2)C1. The molecule has 1 aromatic carbocycles. The van der Waals surface area contributed by atoms with E-state index in [-0.39, 0.29) is 11.6 Å². The maximum Gasteiger partial charge on any atom is 0.321 e. The number of imidazole rings is 1. The molecule has 0 bridgehead atoms. The maximum absolute atomic E-state index is 13.8. The van der Waals surface area contributed by atoms with Gasteiger partial charge in [-0.15, -0.1) is 0 Å². The summed E-state index contributed by atoms with van der Waals surface area (Å²) in [5.74, 6) is 0.695. The highest BCUT2D eigenvalue weighted by Gasteiger charge is 2.29. The fourth-order valence-electron chi connectivity index (χ4n) is 3.95. The van der Waals surface area contributed by atoms with Gasteiger partial charge in [0.25, 0.3) is 0 Å². The number of likely N-dealkylation sites (tertiary alicyclic amines) is 1. The molecule has 1 saturated heterocycles. The zero-order chi connectivity index (χ0) is 18.8. The van der Waals surface area contributed by atoms with Crippen LogP contribution in [-0.4, -0.2) is 33.6 Å². The van der Waals surface area contributed by atoms with Crippen molar-refractivity contribution in [2.45, 2.75) is 44.6 Å². The number of rotatable bonds is 4. The molecule has 0 radical (unpaired) electrons. The zero-order valence-corrected chi connectivity index (χ0v) is 15.2. The van der Waals surface area contributed by atoms with Gasteiger partial charge in [-0.25, -0.2) is 18.6 Å². The number of piperidine rings is 1. The minimum absolute atomic E-state index is 0.131. The largest absolute Gasteiger partial charge is 0.334 e. The van der Waals surface area contributed by atoms with Gasteiger partial charge in [-0.3, -0.25) is 0 Å². The van der Waals surface area contributed by atoms with Gasteiger partial charge in [0.2, 0.25) is 0 Å². The van der Waals surface area contributed by atoms with Crippen LogP contribution in [0.5, 0.6) is 0 Å². The summed E-state index contributed by atoms with van der Waals surface area (Å²) in [7, 11) is 0. The smallest absolute Gasteiger partial charge is 0.321 e. The van der Waals surface area contributed by atoms with Crippen LogP contribution in [0.1, 0.15) is 43.8 Å². The first-order valence-electron chi connectivity index (χ1n) is 9.62. The Kier molecular flexibility index (Phi) is 5.09. The van der Waals surface area contributed by atoms with Gasteiger partial charge in [0, 0.05) is 44.0 Å². The lowest BCUT2D eigenvalue weighted by Crippen LogP contribution is -2.42. The average Bonchev–Trinajstić information content (AvgIpc) is 3.10. The van der Waals surface area contributed by atoms with Crippen molar-refractivity contribution in [1.29, 1.82) is 0 Å². The number of nitrogens with one attached hydrogen (secondary N) is 1. The Morgan fingerprint density at radius 3 is 2.85 bits per heavy atom. The standard InChI is InChI=1S/C20H24F2N4O/c21-16-6-7-17(22)18(11-16)24-20(27)26-9-2-5-15(13-26)19-23-8-10-25(19)12-14-3-1-4-14/h6-8,10-11,14-15H,1-5,9,12-13H2,(H,24,27)/t15-/m1/s1. The molecule has 1 aliphatic carbocycles. The van der Waals surface area contributed by atoms with E-state index in [1.54, 1.807) is 4.90 Å². The van der Waals surface area contributed by atoms with Gasteiger partial charge in [-0.2, -0.15) is 0 Å². The van der Waals surface area contributed by atoms with Crippen molar-refractivity contribution >= 4 is 11.7 Å². The predicted octanol–water partition coefficient (Wildman–Crippen LogP) is 4.37. The third-order valence-electron chi connectivity index (χ3n) is 5.67. The molecular formula is C20H24F2N4O. The van der Waals surface area contributed by atoms with E-state index in [9.17, 15) is 13.6 Å². The maximum atomic E-state index is 13.8. The summed E-state index contributed by atoms with van der Waals surface area (Å²) in [6.45, 7) is 2.12. The second-order valence-corrected chi connectivity index (χ2v) is 7.57. The molecule has 5 nitrogen and oxygen atoms in total. The number of carbonyl (C=O) groups excluding carboxylic acids is 1. The minimum Gasteiger partial charge on any atom is -0.334 e. The molecular weight excluding hydrogens is 350 g/mol. The van der Waals surface area contributed by atoms with Crippen molar-refractivity contribution in [2.75, 3.05) is 18.4 Å². The molecule has 2 amide bonds. The van der Waals surface area contributed by atoms with E-state index in [0.29, 0.717) is 13.1 Å². The van der Waals surface area contributed by atoms with Crippen molar-refractivity contribution in [3.63, 3.8) is 0 Å². The van der Waals surface area contributed by atoms with Crippen molar-refractivity contribution in [3.05, 3.63) is 48.1 Å². The Morgan fingerprint density at radius 1 is 1.22 bits per heavy atom. The van der Waals surface area contributed by atoms with Gasteiger partial charge in [-0.1, -0.05) is 6.42 Å². The quantitative estimate of drug-likeness (QED) is 0.864. The summed E-state index contributed by atoms with van der Waals surface area (Å²) in [6, 6.07) is 2.65. The average molecular weight is 374 g/mol. The van der Waals surface area contributed by atoms with Crippen LogP contribution in [-0.2, 0) is 6.54 Å². The summed E-state index contributed by atoms with van der Waals surface area (Å²) in [5.41, 5.74) is -0.131. The van der Waals surface area contributed by atoms with E-state index < -0.39 is 17.7 Å². The predicted molar refractivity (Wildman–Crippen MR) is 98.5 cm³/mol. The molecule has 4 rings (SSSR count). The number of nitrogens with zero attached hydrogens (tertiary/aromatic N) is 3. The van der Waals surface area contributed by atoms with Crippen LogP contribution in [0, 0.1) is 17.6 Å². The lowest BCUT2D eigenvalue weighted by Gasteiger charge is -2.33. The van der Waals surface area contributed by atoms with Crippen molar-refractivity contribution in [3.8, 4) is 0 Å². The molecule has 2 fully saturated rings. The van der Waals surface area contributed by atoms with Crippen LogP contribution >= 0.6 is 0 Å². The second kappa shape index (κ2) is 7.66. The minimum atomic E-state index is -0.644. The van der Waals surface area contributed by atoms with Crippen LogP contribution < -0.4 is 5.32 Å². The van der Waals surface area contributed by atoms with Gasteiger partial charge in [0.15, 0.2) is 0 Å². The molecule has 7 heteroatoms. The van der Waals surface area contributed by atoms with E-state index in [4.69, 9.17) is 0 Å². The summed E-state index contributed by atoms with van der Waals surface area (Å²) < 4.78 is 29.3. The van der Waals surface area contributed by atoms with Crippen LogP contribution in [0.3, 0.4) is 0 Å². The second-order valence-electron chi connectivity index (χ2n) is 7.57. The van der Waals surface area contributed by atoms with E-state index in [1.807, 2.05) is 12.4 Å². The summed E-state index contributed by atoms with van der Waals surface area (Å²) in [4.78, 5) is 18.8. The highest BCUT2D eigenvalue weighted by molar-refractivity contribution is 5.89. The summed E-state index contributed by atoms with van der Waals surface area (Å²) in [5, 5.41) is 2.50. The van der Waals surface area contributed by atoms with Crippen molar-refractivity contribution in [1.82, 2.24) is 14.5 Å². The summed E-state index contributed by atoms with van der Waals surface area (Å²) in [6.07, 6.45) is 9.54. The Bertz CT molecular complexity index is 818.